The van der Waals surface area contributed by atoms with Gasteiger partial charge in [0.1, 0.15) is 5.75 Å². The number of hydrogen-bond acceptors (Lipinski definition) is 2. The highest BCUT2D eigenvalue weighted by Crippen LogP contribution is 2.35. The third kappa shape index (κ3) is 1.77. The van der Waals surface area contributed by atoms with Crippen LogP contribution in [0, 0.1) is 0 Å². The molecule has 1 atom stereocenters. The van der Waals surface area contributed by atoms with Crippen molar-refractivity contribution >= 4 is 5.57 Å². The van der Waals surface area contributed by atoms with Crippen LogP contribution in [0.2, 0.25) is 0 Å². The van der Waals surface area contributed by atoms with Gasteiger partial charge in [-0.25, -0.2) is 0 Å². The van der Waals surface area contributed by atoms with E-state index in [1.54, 1.807) is 7.11 Å². The van der Waals surface area contributed by atoms with E-state index >= 15 is 0 Å². The maximum Gasteiger partial charge on any atom is 0.126 e. The lowest BCUT2D eigenvalue weighted by Crippen LogP contribution is -2.20. The summed E-state index contributed by atoms with van der Waals surface area (Å²) in [7, 11) is 1.71. The number of nitrogens with two attached hydrogens (primary N) is 1. The average molecular weight is 203 g/mol. The zero-order valence-corrected chi connectivity index (χ0v) is 9.29. The van der Waals surface area contributed by atoms with Crippen molar-refractivity contribution in [3.05, 3.63) is 35.4 Å². The van der Waals surface area contributed by atoms with Crippen molar-refractivity contribution in [1.82, 2.24) is 0 Å². The first kappa shape index (κ1) is 10.2. The van der Waals surface area contributed by atoms with Crippen molar-refractivity contribution in [3.63, 3.8) is 0 Å². The molecular formula is C13H17NO. The fourth-order valence-electron chi connectivity index (χ4n) is 2.18. The Bertz CT molecular complexity index is 394. The third-order valence-electron chi connectivity index (χ3n) is 2.89. The Morgan fingerprint density at radius 1 is 1.40 bits per heavy atom. The zero-order valence-electron chi connectivity index (χ0n) is 9.29. The van der Waals surface area contributed by atoms with Gasteiger partial charge in [0.25, 0.3) is 0 Å². The van der Waals surface area contributed by atoms with Gasteiger partial charge in [0.05, 0.1) is 7.11 Å². The Kier molecular flexibility index (Phi) is 2.78. The molecule has 2 nitrogen and oxygen atoms in total. The standard InChI is InChI=1S/C13H17NO/c1-9(14)11-7-3-5-10-6-4-8-12(15-2)13(10)11/h4,6-9H,3,5,14H2,1-2H3. The molecule has 15 heavy (non-hydrogen) atoms. The minimum atomic E-state index is 0.0698. The number of benzene rings is 1. The van der Waals surface area contributed by atoms with Crippen LogP contribution in [-0.4, -0.2) is 13.2 Å². The summed E-state index contributed by atoms with van der Waals surface area (Å²) in [6, 6.07) is 6.27. The lowest BCUT2D eigenvalue weighted by molar-refractivity contribution is 0.412. The van der Waals surface area contributed by atoms with Gasteiger partial charge in [0.2, 0.25) is 0 Å². The molecule has 0 aromatic heterocycles. The van der Waals surface area contributed by atoms with Crippen LogP contribution in [0.5, 0.6) is 5.75 Å². The molecule has 1 aliphatic carbocycles. The Hall–Kier alpha value is -1.28. The van der Waals surface area contributed by atoms with Crippen LogP contribution in [0.25, 0.3) is 5.57 Å². The number of fused-ring (bicyclic) bond motifs is 1. The Morgan fingerprint density at radius 3 is 2.87 bits per heavy atom. The second kappa shape index (κ2) is 4.07. The Morgan fingerprint density at radius 2 is 2.20 bits per heavy atom. The average Bonchev–Trinajstić information content (AvgIpc) is 2.27. The van der Waals surface area contributed by atoms with Crippen LogP contribution in [0.4, 0.5) is 0 Å². The van der Waals surface area contributed by atoms with Gasteiger partial charge < -0.3 is 10.5 Å². The predicted molar refractivity (Wildman–Crippen MR) is 62.9 cm³/mol. The number of allylic oxidation sites excluding steroid dienone is 1. The van der Waals surface area contributed by atoms with Crippen LogP contribution < -0.4 is 10.5 Å². The number of methoxy groups -OCH3 is 1. The van der Waals surface area contributed by atoms with E-state index in [0.717, 1.165) is 18.6 Å². The van der Waals surface area contributed by atoms with Crippen LogP contribution in [0.3, 0.4) is 0 Å². The van der Waals surface area contributed by atoms with Gasteiger partial charge in [-0.05, 0) is 37.0 Å². The lowest BCUT2D eigenvalue weighted by atomic mass is 9.87. The second-order valence-corrected chi connectivity index (χ2v) is 3.98. The van der Waals surface area contributed by atoms with Crippen molar-refractivity contribution in [2.24, 2.45) is 5.73 Å². The smallest absolute Gasteiger partial charge is 0.126 e. The maximum absolute atomic E-state index is 5.98. The molecule has 0 amide bonds. The van der Waals surface area contributed by atoms with Crippen molar-refractivity contribution in [2.75, 3.05) is 7.11 Å². The monoisotopic (exact) mass is 203 g/mol. The van der Waals surface area contributed by atoms with Crippen LogP contribution >= 0.6 is 0 Å². The zero-order chi connectivity index (χ0) is 10.8. The summed E-state index contributed by atoms with van der Waals surface area (Å²) >= 11 is 0. The molecule has 0 fully saturated rings. The molecular weight excluding hydrogens is 186 g/mol. The fraction of sp³-hybridized carbons (Fsp3) is 0.385. The molecule has 0 radical (unpaired) electrons. The molecule has 1 aliphatic rings. The molecule has 2 rings (SSSR count). The van der Waals surface area contributed by atoms with Crippen molar-refractivity contribution in [3.8, 4) is 5.75 Å². The first-order chi connectivity index (χ1) is 7.24. The minimum Gasteiger partial charge on any atom is -0.496 e. The molecule has 2 heteroatoms. The van der Waals surface area contributed by atoms with Gasteiger partial charge in [-0.1, -0.05) is 18.2 Å². The number of aryl methyl sites for hydroxylation is 1. The summed E-state index contributed by atoms with van der Waals surface area (Å²) in [5, 5.41) is 0. The highest BCUT2D eigenvalue weighted by atomic mass is 16.5. The molecule has 1 unspecified atom stereocenters. The normalized spacial score (nSPS) is 16.6. The summed E-state index contributed by atoms with van der Waals surface area (Å²) in [6.07, 6.45) is 4.40. The Labute approximate surface area is 90.7 Å². The molecule has 0 bridgehead atoms. The number of hydrogen-bond donors (Lipinski definition) is 1. The first-order valence-electron chi connectivity index (χ1n) is 5.36. The van der Waals surface area contributed by atoms with Gasteiger partial charge in [-0.2, -0.15) is 0 Å². The van der Waals surface area contributed by atoms with Crippen LogP contribution in [0.15, 0.2) is 24.3 Å². The number of rotatable bonds is 2. The van der Waals surface area contributed by atoms with Gasteiger partial charge in [-0.15, -0.1) is 0 Å². The number of ether oxygens (including phenoxy) is 1. The van der Waals surface area contributed by atoms with E-state index in [9.17, 15) is 0 Å². The fourth-order valence-corrected chi connectivity index (χ4v) is 2.18. The van der Waals surface area contributed by atoms with Gasteiger partial charge in [0, 0.05) is 11.6 Å². The van der Waals surface area contributed by atoms with Gasteiger partial charge in [0.15, 0.2) is 0 Å². The SMILES string of the molecule is COc1cccc2c1C(C(C)N)=CCC2. The second-order valence-electron chi connectivity index (χ2n) is 3.98. The summed E-state index contributed by atoms with van der Waals surface area (Å²) in [6.45, 7) is 2.02. The first-order valence-corrected chi connectivity index (χ1v) is 5.36. The molecule has 0 saturated carbocycles. The molecule has 0 heterocycles. The van der Waals surface area contributed by atoms with Crippen molar-refractivity contribution in [1.29, 1.82) is 0 Å². The molecule has 0 spiro atoms. The summed E-state index contributed by atoms with van der Waals surface area (Å²) in [5.74, 6) is 0.941. The van der Waals surface area contributed by atoms with E-state index in [4.69, 9.17) is 10.5 Å². The quantitative estimate of drug-likeness (QED) is 0.801. The van der Waals surface area contributed by atoms with E-state index in [2.05, 4.69) is 12.1 Å². The van der Waals surface area contributed by atoms with Crippen LogP contribution in [0.1, 0.15) is 24.5 Å². The molecule has 0 aliphatic heterocycles. The van der Waals surface area contributed by atoms with Gasteiger partial charge >= 0.3 is 0 Å². The lowest BCUT2D eigenvalue weighted by Gasteiger charge is -2.22. The largest absolute Gasteiger partial charge is 0.496 e. The topological polar surface area (TPSA) is 35.2 Å². The van der Waals surface area contributed by atoms with E-state index in [0.29, 0.717) is 0 Å². The van der Waals surface area contributed by atoms with E-state index in [1.165, 1.54) is 16.7 Å². The Balaban J connectivity index is 2.56. The summed E-state index contributed by atoms with van der Waals surface area (Å²) in [4.78, 5) is 0. The van der Waals surface area contributed by atoms with E-state index in [-0.39, 0.29) is 6.04 Å². The van der Waals surface area contributed by atoms with Crippen molar-refractivity contribution < 1.29 is 4.74 Å². The molecule has 1 aromatic carbocycles. The molecule has 80 valence electrons. The minimum absolute atomic E-state index is 0.0698. The maximum atomic E-state index is 5.98. The third-order valence-corrected chi connectivity index (χ3v) is 2.89. The van der Waals surface area contributed by atoms with E-state index < -0.39 is 0 Å². The van der Waals surface area contributed by atoms with Gasteiger partial charge in [-0.3, -0.25) is 0 Å². The highest BCUT2D eigenvalue weighted by Gasteiger charge is 2.19. The molecule has 2 N–H and O–H groups in total. The summed E-state index contributed by atoms with van der Waals surface area (Å²) in [5.41, 5.74) is 9.76. The summed E-state index contributed by atoms with van der Waals surface area (Å²) < 4.78 is 5.40. The predicted octanol–water partition coefficient (Wildman–Crippen LogP) is 2.37. The van der Waals surface area contributed by atoms with Crippen LogP contribution in [-0.2, 0) is 6.42 Å². The molecule has 1 aromatic rings. The molecule has 0 saturated heterocycles. The van der Waals surface area contributed by atoms with Crippen molar-refractivity contribution in [2.45, 2.75) is 25.8 Å². The van der Waals surface area contributed by atoms with E-state index in [1.807, 2.05) is 19.1 Å². The highest BCUT2D eigenvalue weighted by molar-refractivity contribution is 5.77.